The lowest BCUT2D eigenvalue weighted by molar-refractivity contribution is 0.314. The molecule has 0 amide bonds. The van der Waals surface area contributed by atoms with Crippen molar-refractivity contribution >= 4 is 15.7 Å². The molecule has 4 rings (SSSR count). The molecule has 7 nitrogen and oxygen atoms in total. The number of nitrogens with one attached hydrogen (secondary N) is 1. The first kappa shape index (κ1) is 21.0. The third-order valence-electron chi connectivity index (χ3n) is 5.24. The van der Waals surface area contributed by atoms with E-state index in [9.17, 15) is 8.42 Å². The fourth-order valence-electron chi connectivity index (χ4n) is 3.74. The molecule has 1 aliphatic heterocycles. The first-order valence-electron chi connectivity index (χ1n) is 9.71. The average molecular weight is 441 g/mol. The molecule has 1 N–H and O–H groups in total. The summed E-state index contributed by atoms with van der Waals surface area (Å²) < 4.78 is 45.1. The van der Waals surface area contributed by atoms with E-state index in [0.29, 0.717) is 28.5 Å². The van der Waals surface area contributed by atoms with Crippen LogP contribution in [0.2, 0.25) is 0 Å². The highest BCUT2D eigenvalue weighted by Crippen LogP contribution is 2.44. The van der Waals surface area contributed by atoms with Gasteiger partial charge in [-0.1, -0.05) is 42.5 Å². The smallest absolute Gasteiger partial charge is 0.247 e. The maximum atomic E-state index is 13.6. The molecule has 0 radical (unpaired) electrons. The molecule has 0 fully saturated rings. The van der Waals surface area contributed by atoms with E-state index in [1.165, 1.54) is 25.6 Å². The number of hydrogen-bond donors (Lipinski definition) is 1. The predicted octanol–water partition coefficient (Wildman–Crippen LogP) is 4.03. The fourth-order valence-corrected chi connectivity index (χ4v) is 5.42. The lowest BCUT2D eigenvalue weighted by atomic mass is 10.1. The van der Waals surface area contributed by atoms with Gasteiger partial charge in [-0.15, -0.1) is 0 Å². The van der Waals surface area contributed by atoms with Crippen LogP contribution in [-0.2, 0) is 16.6 Å². The first-order valence-corrected chi connectivity index (χ1v) is 11.1. The summed E-state index contributed by atoms with van der Waals surface area (Å²) in [5, 5.41) is 3.37. The summed E-state index contributed by atoms with van der Waals surface area (Å²) in [6.07, 6.45) is -0.672. The van der Waals surface area contributed by atoms with E-state index in [1.807, 2.05) is 30.3 Å². The van der Waals surface area contributed by atoms with Crippen molar-refractivity contribution in [3.63, 3.8) is 0 Å². The van der Waals surface area contributed by atoms with Gasteiger partial charge in [-0.2, -0.15) is 4.31 Å². The standard InChI is InChI=1S/C23H24N2O5S/c1-28-19-13-17(14-20(29-2)22(19)30-3)23-24-18-11-7-8-12-21(18)31(26,27)25(23)15-16-9-5-4-6-10-16/h4-14,23-24H,15H2,1-3H3/t23-/m0/s1. The van der Waals surface area contributed by atoms with E-state index in [0.717, 1.165) is 5.56 Å². The summed E-state index contributed by atoms with van der Waals surface area (Å²) in [4.78, 5) is 0.245. The molecule has 0 saturated carbocycles. The van der Waals surface area contributed by atoms with Gasteiger partial charge in [0, 0.05) is 6.54 Å². The lowest BCUT2D eigenvalue weighted by Crippen LogP contribution is -2.42. The van der Waals surface area contributed by atoms with E-state index in [1.54, 1.807) is 36.4 Å². The SMILES string of the molecule is COc1cc([C@H]2Nc3ccccc3S(=O)(=O)N2Cc2ccccc2)cc(OC)c1OC. The summed E-state index contributed by atoms with van der Waals surface area (Å²) in [7, 11) is 0.816. The largest absolute Gasteiger partial charge is 0.493 e. The van der Waals surface area contributed by atoms with Gasteiger partial charge in [0.2, 0.25) is 15.8 Å². The number of hydrogen-bond acceptors (Lipinski definition) is 6. The highest BCUT2D eigenvalue weighted by Gasteiger charge is 2.39. The van der Waals surface area contributed by atoms with Crippen LogP contribution in [0.15, 0.2) is 71.6 Å². The minimum absolute atomic E-state index is 0.200. The van der Waals surface area contributed by atoms with Crippen LogP contribution in [0.5, 0.6) is 17.2 Å². The zero-order chi connectivity index (χ0) is 22.0. The van der Waals surface area contributed by atoms with Gasteiger partial charge in [0.15, 0.2) is 11.5 Å². The normalized spacial score (nSPS) is 17.3. The van der Waals surface area contributed by atoms with Crippen LogP contribution in [0.4, 0.5) is 5.69 Å². The highest BCUT2D eigenvalue weighted by atomic mass is 32.2. The second-order valence-corrected chi connectivity index (χ2v) is 8.90. The van der Waals surface area contributed by atoms with E-state index in [4.69, 9.17) is 14.2 Å². The van der Waals surface area contributed by atoms with Crippen LogP contribution in [0.3, 0.4) is 0 Å². The number of rotatable bonds is 6. The van der Waals surface area contributed by atoms with Crippen molar-refractivity contribution < 1.29 is 22.6 Å². The van der Waals surface area contributed by atoms with Crippen LogP contribution < -0.4 is 19.5 Å². The third-order valence-corrected chi connectivity index (χ3v) is 7.11. The lowest BCUT2D eigenvalue weighted by Gasteiger charge is -2.37. The zero-order valence-electron chi connectivity index (χ0n) is 17.5. The summed E-state index contributed by atoms with van der Waals surface area (Å²) in [6.45, 7) is 0.200. The number of methoxy groups -OCH3 is 3. The second-order valence-electron chi connectivity index (χ2n) is 7.04. The van der Waals surface area contributed by atoms with E-state index < -0.39 is 16.2 Å². The Hall–Kier alpha value is -3.23. The highest BCUT2D eigenvalue weighted by molar-refractivity contribution is 7.89. The molecule has 1 aliphatic rings. The quantitative estimate of drug-likeness (QED) is 0.624. The summed E-state index contributed by atoms with van der Waals surface area (Å²) in [5.41, 5.74) is 2.10. The number of fused-ring (bicyclic) bond motifs is 1. The van der Waals surface area contributed by atoms with Crippen LogP contribution in [-0.4, -0.2) is 34.1 Å². The predicted molar refractivity (Wildman–Crippen MR) is 118 cm³/mol. The third kappa shape index (κ3) is 3.80. The molecule has 0 unspecified atom stereocenters. The molecule has 162 valence electrons. The van der Waals surface area contributed by atoms with Crippen molar-refractivity contribution in [3.8, 4) is 17.2 Å². The molecule has 0 spiro atoms. The molecule has 1 atom stereocenters. The van der Waals surface area contributed by atoms with Gasteiger partial charge in [0.1, 0.15) is 11.1 Å². The summed E-state index contributed by atoms with van der Waals surface area (Å²) >= 11 is 0. The van der Waals surface area contributed by atoms with Crippen molar-refractivity contribution in [1.82, 2.24) is 4.31 Å². The maximum absolute atomic E-state index is 13.6. The number of ether oxygens (including phenoxy) is 3. The van der Waals surface area contributed by atoms with Gasteiger partial charge in [0.05, 0.1) is 27.0 Å². The Labute approximate surface area is 182 Å². The minimum Gasteiger partial charge on any atom is -0.493 e. The molecular weight excluding hydrogens is 416 g/mol. The Morgan fingerprint density at radius 1 is 0.871 bits per heavy atom. The second kappa shape index (κ2) is 8.49. The van der Waals surface area contributed by atoms with Gasteiger partial charge in [-0.05, 0) is 35.4 Å². The Morgan fingerprint density at radius 3 is 2.10 bits per heavy atom. The zero-order valence-corrected chi connectivity index (χ0v) is 18.3. The number of anilines is 1. The van der Waals surface area contributed by atoms with Crippen molar-refractivity contribution in [1.29, 1.82) is 0 Å². The van der Waals surface area contributed by atoms with Crippen LogP contribution in [0.1, 0.15) is 17.3 Å². The van der Waals surface area contributed by atoms with Crippen molar-refractivity contribution in [3.05, 3.63) is 77.9 Å². The Kier molecular flexibility index (Phi) is 5.75. The summed E-state index contributed by atoms with van der Waals surface area (Å²) in [6, 6.07) is 19.9. The monoisotopic (exact) mass is 440 g/mol. The molecular formula is C23H24N2O5S. The van der Waals surface area contributed by atoms with Gasteiger partial charge in [0.25, 0.3) is 0 Å². The van der Waals surface area contributed by atoms with Crippen LogP contribution >= 0.6 is 0 Å². The average Bonchev–Trinajstić information content (AvgIpc) is 2.80. The minimum atomic E-state index is -3.78. The number of nitrogens with zero attached hydrogens (tertiary/aromatic N) is 1. The Morgan fingerprint density at radius 2 is 1.48 bits per heavy atom. The molecule has 8 heteroatoms. The van der Waals surface area contributed by atoms with Gasteiger partial charge in [-0.3, -0.25) is 0 Å². The topological polar surface area (TPSA) is 77.1 Å². The molecule has 1 heterocycles. The van der Waals surface area contributed by atoms with E-state index in [-0.39, 0.29) is 11.4 Å². The number of benzene rings is 3. The Bertz CT molecular complexity index is 1160. The fraction of sp³-hybridized carbons (Fsp3) is 0.217. The maximum Gasteiger partial charge on any atom is 0.247 e. The van der Waals surface area contributed by atoms with Crippen molar-refractivity contribution in [2.24, 2.45) is 0 Å². The van der Waals surface area contributed by atoms with E-state index >= 15 is 0 Å². The molecule has 0 bridgehead atoms. The van der Waals surface area contributed by atoms with Gasteiger partial charge >= 0.3 is 0 Å². The molecule has 0 saturated heterocycles. The Balaban J connectivity index is 1.88. The molecule has 31 heavy (non-hydrogen) atoms. The number of sulfonamides is 1. The number of para-hydroxylation sites is 1. The molecule has 0 aromatic heterocycles. The van der Waals surface area contributed by atoms with Crippen molar-refractivity contribution in [2.75, 3.05) is 26.6 Å². The van der Waals surface area contributed by atoms with Crippen LogP contribution in [0.25, 0.3) is 0 Å². The van der Waals surface area contributed by atoms with Crippen LogP contribution in [0, 0.1) is 0 Å². The van der Waals surface area contributed by atoms with Gasteiger partial charge in [-0.25, -0.2) is 8.42 Å². The van der Waals surface area contributed by atoms with Crippen molar-refractivity contribution in [2.45, 2.75) is 17.6 Å². The first-order chi connectivity index (χ1) is 15.0. The molecule has 0 aliphatic carbocycles. The molecule has 3 aromatic rings. The van der Waals surface area contributed by atoms with Gasteiger partial charge < -0.3 is 19.5 Å². The molecule has 3 aromatic carbocycles. The van der Waals surface area contributed by atoms with E-state index in [2.05, 4.69) is 5.32 Å². The summed E-state index contributed by atoms with van der Waals surface area (Å²) in [5.74, 6) is 1.35.